The van der Waals surface area contributed by atoms with Gasteiger partial charge in [-0.1, -0.05) is 24.3 Å². The maximum Gasteiger partial charge on any atom is 0.341 e. The first kappa shape index (κ1) is 25.9. The van der Waals surface area contributed by atoms with Crippen molar-refractivity contribution in [1.29, 1.82) is 0 Å². The van der Waals surface area contributed by atoms with Crippen LogP contribution in [0, 0.1) is 5.82 Å². The fourth-order valence-corrected chi connectivity index (χ4v) is 6.16. The fraction of sp³-hybridized carbons (Fsp3) is 0.318. The number of carbonyl (C=O) groups is 1. The molecule has 0 saturated heterocycles. The third-order valence-electron chi connectivity index (χ3n) is 5.94. The summed E-state index contributed by atoms with van der Waals surface area (Å²) in [7, 11) is -4.01. The molecule has 1 saturated carbocycles. The van der Waals surface area contributed by atoms with Crippen molar-refractivity contribution < 1.29 is 31.5 Å². The number of hydrogen-bond donors (Lipinski definition) is 2. The van der Waals surface area contributed by atoms with E-state index in [4.69, 9.17) is 10.8 Å². The molecule has 0 aromatic heterocycles. The van der Waals surface area contributed by atoms with E-state index in [-0.39, 0.29) is 35.7 Å². The summed E-state index contributed by atoms with van der Waals surface area (Å²) in [5, 5.41) is 9.05. The van der Waals surface area contributed by atoms with Gasteiger partial charge in [0, 0.05) is 5.54 Å². The molecule has 0 amide bonds. The molecule has 174 valence electrons. The van der Waals surface area contributed by atoms with Crippen LogP contribution >= 0.6 is 12.4 Å². The molecule has 1 aliphatic carbocycles. The monoisotopic (exact) mass is 489 g/mol. The van der Waals surface area contributed by atoms with Gasteiger partial charge in [-0.15, -0.1) is 12.4 Å². The molecule has 2 aromatic rings. The Hall–Kier alpha value is -2.36. The Morgan fingerprint density at radius 3 is 1.91 bits per heavy atom. The van der Waals surface area contributed by atoms with E-state index >= 15 is 0 Å². The van der Waals surface area contributed by atoms with Gasteiger partial charge in [-0.05, 0) is 68.0 Å². The minimum Gasteiger partial charge on any atom is -0.477 e. The summed E-state index contributed by atoms with van der Waals surface area (Å²) in [6, 6.07) is 9.60. The van der Waals surface area contributed by atoms with Crippen LogP contribution in [0.3, 0.4) is 0 Å². The zero-order chi connectivity index (χ0) is 23.0. The largest absolute Gasteiger partial charge is 0.477 e. The van der Waals surface area contributed by atoms with Gasteiger partial charge in [-0.2, -0.15) is 8.78 Å². The number of nitrogens with two attached hydrogens (primary N) is 1. The standard InChI is InChI=1S/C22H22F3NO4S.ClH/c1-21(26)10-12-22(13-11-21,31(29,30)17-8-6-16(23)7-9-17)15-4-2-14(3-5-15)18(19(24)25)20(27)28;/h2-9H,10-13,26H2,1H3,(H,27,28);1H. The van der Waals surface area contributed by atoms with Gasteiger partial charge in [-0.25, -0.2) is 17.6 Å². The Kier molecular flexibility index (Phi) is 7.48. The zero-order valence-corrected chi connectivity index (χ0v) is 18.8. The van der Waals surface area contributed by atoms with Gasteiger partial charge in [0.1, 0.15) is 16.1 Å². The first-order valence-electron chi connectivity index (χ1n) is 9.58. The number of benzene rings is 2. The third kappa shape index (κ3) is 4.69. The highest BCUT2D eigenvalue weighted by Crippen LogP contribution is 2.49. The van der Waals surface area contributed by atoms with E-state index in [0.29, 0.717) is 18.4 Å². The predicted octanol–water partition coefficient (Wildman–Crippen LogP) is 4.90. The smallest absolute Gasteiger partial charge is 0.341 e. The molecule has 5 nitrogen and oxygen atoms in total. The van der Waals surface area contributed by atoms with Crippen LogP contribution in [0.5, 0.6) is 0 Å². The Morgan fingerprint density at radius 1 is 0.969 bits per heavy atom. The lowest BCUT2D eigenvalue weighted by atomic mass is 9.75. The van der Waals surface area contributed by atoms with Crippen molar-refractivity contribution in [3.63, 3.8) is 0 Å². The van der Waals surface area contributed by atoms with Crippen molar-refractivity contribution in [2.45, 2.75) is 47.8 Å². The molecule has 0 atom stereocenters. The molecule has 0 bridgehead atoms. The highest BCUT2D eigenvalue weighted by molar-refractivity contribution is 7.92. The molecule has 0 heterocycles. The molecule has 0 radical (unpaired) electrons. The number of aliphatic carboxylic acids is 1. The number of carboxylic acid groups (broad SMARTS) is 1. The van der Waals surface area contributed by atoms with Gasteiger partial charge in [0.15, 0.2) is 9.84 Å². The number of halogens is 4. The number of rotatable bonds is 5. The van der Waals surface area contributed by atoms with E-state index in [2.05, 4.69) is 0 Å². The summed E-state index contributed by atoms with van der Waals surface area (Å²) in [5.74, 6) is -2.35. The zero-order valence-electron chi connectivity index (χ0n) is 17.1. The maximum absolute atomic E-state index is 13.7. The van der Waals surface area contributed by atoms with Gasteiger partial charge in [0.2, 0.25) is 0 Å². The highest BCUT2D eigenvalue weighted by atomic mass is 35.5. The molecule has 0 spiro atoms. The quantitative estimate of drug-likeness (QED) is 0.460. The molecule has 1 fully saturated rings. The van der Waals surface area contributed by atoms with E-state index in [0.717, 1.165) is 12.1 Å². The second-order valence-corrected chi connectivity index (χ2v) is 10.4. The first-order chi connectivity index (χ1) is 14.4. The lowest BCUT2D eigenvalue weighted by molar-refractivity contribution is -0.130. The van der Waals surface area contributed by atoms with E-state index in [9.17, 15) is 26.4 Å². The Bertz CT molecular complexity index is 1120. The lowest BCUT2D eigenvalue weighted by Gasteiger charge is -2.43. The van der Waals surface area contributed by atoms with Crippen LogP contribution in [0.25, 0.3) is 5.57 Å². The average Bonchev–Trinajstić information content (AvgIpc) is 2.68. The van der Waals surface area contributed by atoms with E-state index in [1.807, 2.05) is 6.92 Å². The maximum atomic E-state index is 13.7. The van der Waals surface area contributed by atoms with Crippen LogP contribution in [0.1, 0.15) is 43.7 Å². The van der Waals surface area contributed by atoms with Crippen LogP contribution in [0.4, 0.5) is 13.2 Å². The van der Waals surface area contributed by atoms with Crippen molar-refractivity contribution >= 4 is 33.8 Å². The van der Waals surface area contributed by atoms with Gasteiger partial charge in [-0.3, -0.25) is 0 Å². The minimum atomic E-state index is -4.01. The second-order valence-electron chi connectivity index (χ2n) is 8.12. The van der Waals surface area contributed by atoms with Gasteiger partial charge >= 0.3 is 5.97 Å². The predicted molar refractivity (Wildman–Crippen MR) is 117 cm³/mol. The van der Waals surface area contributed by atoms with Crippen LogP contribution < -0.4 is 5.73 Å². The van der Waals surface area contributed by atoms with Crippen molar-refractivity contribution in [1.82, 2.24) is 0 Å². The molecule has 0 aliphatic heterocycles. The normalized spacial score (nSPS) is 23.2. The third-order valence-corrected chi connectivity index (χ3v) is 8.51. The Morgan fingerprint density at radius 2 is 1.47 bits per heavy atom. The van der Waals surface area contributed by atoms with E-state index < -0.39 is 43.6 Å². The van der Waals surface area contributed by atoms with Gasteiger partial charge in [0.25, 0.3) is 6.08 Å². The van der Waals surface area contributed by atoms with Crippen LogP contribution in [-0.2, 0) is 19.4 Å². The van der Waals surface area contributed by atoms with E-state index in [1.165, 1.54) is 36.4 Å². The van der Waals surface area contributed by atoms with Crippen LogP contribution in [0.2, 0.25) is 0 Å². The van der Waals surface area contributed by atoms with Gasteiger partial charge in [0.05, 0.1) is 4.90 Å². The molecule has 2 aromatic carbocycles. The molecule has 1 aliphatic rings. The molecule has 3 rings (SSSR count). The summed E-state index contributed by atoms with van der Waals surface area (Å²) >= 11 is 0. The molecule has 0 unspecified atom stereocenters. The molecule has 32 heavy (non-hydrogen) atoms. The highest BCUT2D eigenvalue weighted by Gasteiger charge is 2.50. The fourth-order valence-electron chi connectivity index (χ4n) is 4.03. The Balaban J connectivity index is 0.00000363. The summed E-state index contributed by atoms with van der Waals surface area (Å²) < 4.78 is 65.4. The van der Waals surface area contributed by atoms with Crippen molar-refractivity contribution in [3.8, 4) is 0 Å². The summed E-state index contributed by atoms with van der Waals surface area (Å²) in [5.41, 5.74) is 4.63. The molecule has 3 N–H and O–H groups in total. The van der Waals surface area contributed by atoms with E-state index in [1.54, 1.807) is 0 Å². The summed E-state index contributed by atoms with van der Waals surface area (Å²) in [6.45, 7) is 1.83. The second kappa shape index (κ2) is 9.25. The molecular formula is C22H23ClF3NO4S. The van der Waals surface area contributed by atoms with Crippen molar-refractivity contribution in [2.24, 2.45) is 5.73 Å². The molecular weight excluding hydrogens is 467 g/mol. The summed E-state index contributed by atoms with van der Waals surface area (Å²) in [4.78, 5) is 11.1. The number of carboxylic acids is 1. The lowest BCUT2D eigenvalue weighted by Crippen LogP contribution is -2.48. The SMILES string of the molecule is CC1(N)CCC(c2ccc(C(C(=O)O)=C(F)F)cc2)(S(=O)(=O)c2ccc(F)cc2)CC1.Cl. The number of sulfone groups is 1. The molecule has 10 heteroatoms. The van der Waals surface area contributed by atoms with Gasteiger partial charge < -0.3 is 10.8 Å². The Labute approximate surface area is 190 Å². The average molecular weight is 490 g/mol. The minimum absolute atomic E-state index is 0. The summed E-state index contributed by atoms with van der Waals surface area (Å²) in [6.07, 6.45) is -1.19. The van der Waals surface area contributed by atoms with Crippen LogP contribution in [-0.4, -0.2) is 25.0 Å². The van der Waals surface area contributed by atoms with Crippen LogP contribution in [0.15, 0.2) is 59.5 Å². The first-order valence-corrected chi connectivity index (χ1v) is 11.1. The topological polar surface area (TPSA) is 97.5 Å². The van der Waals surface area contributed by atoms with Crippen molar-refractivity contribution in [2.75, 3.05) is 0 Å². The number of hydrogen-bond acceptors (Lipinski definition) is 4. The van der Waals surface area contributed by atoms with Crippen molar-refractivity contribution in [3.05, 3.63) is 71.6 Å².